The van der Waals surface area contributed by atoms with Gasteiger partial charge in [-0.1, -0.05) is 6.07 Å². The van der Waals surface area contributed by atoms with E-state index < -0.39 is 39.5 Å². The molecule has 1 aromatic carbocycles. The van der Waals surface area contributed by atoms with E-state index in [9.17, 15) is 29.6 Å². The molecule has 9 nitrogen and oxygen atoms in total. The summed E-state index contributed by atoms with van der Waals surface area (Å²) in [4.78, 5) is 46.6. The highest BCUT2D eigenvalue weighted by Gasteiger charge is 2.41. The first-order valence-electron chi connectivity index (χ1n) is 6.58. The Balaban J connectivity index is 2.34. The fourth-order valence-corrected chi connectivity index (χ4v) is 2.93. The molecular formula is C14H12N2O7S. The van der Waals surface area contributed by atoms with Crippen LogP contribution in [0.2, 0.25) is 0 Å². The van der Waals surface area contributed by atoms with E-state index in [0.29, 0.717) is 11.8 Å². The van der Waals surface area contributed by atoms with Crippen molar-refractivity contribution in [2.75, 3.05) is 7.11 Å². The summed E-state index contributed by atoms with van der Waals surface area (Å²) >= 11 is 0.610. The zero-order valence-corrected chi connectivity index (χ0v) is 13.4. The van der Waals surface area contributed by atoms with E-state index in [0.717, 1.165) is 24.1 Å². The van der Waals surface area contributed by atoms with Crippen LogP contribution in [0.3, 0.4) is 0 Å². The molecule has 0 spiro atoms. The first-order valence-corrected chi connectivity index (χ1v) is 7.40. The summed E-state index contributed by atoms with van der Waals surface area (Å²) in [5.74, 6) is -1.94. The van der Waals surface area contributed by atoms with Gasteiger partial charge in [0.15, 0.2) is 5.75 Å². The lowest BCUT2D eigenvalue weighted by Gasteiger charge is -2.18. The SMILES string of the molecule is COC(=O)[C@@H](C)N1C(=O)S/C(=C\c2ccc(O)c([N+](=O)[O-])c2)C1=O. The largest absolute Gasteiger partial charge is 0.502 e. The molecule has 1 N–H and O–H groups in total. The number of hydrogen-bond acceptors (Lipinski definition) is 8. The summed E-state index contributed by atoms with van der Waals surface area (Å²) in [6, 6.07) is 2.47. The van der Waals surface area contributed by atoms with Crippen LogP contribution < -0.4 is 0 Å². The highest BCUT2D eigenvalue weighted by molar-refractivity contribution is 8.18. The maximum Gasteiger partial charge on any atom is 0.328 e. The number of esters is 1. The van der Waals surface area contributed by atoms with Crippen LogP contribution in [-0.2, 0) is 14.3 Å². The van der Waals surface area contributed by atoms with Crippen molar-refractivity contribution in [3.8, 4) is 5.75 Å². The number of nitrogens with zero attached hydrogens (tertiary/aromatic N) is 2. The average Bonchev–Trinajstić information content (AvgIpc) is 2.81. The van der Waals surface area contributed by atoms with Crippen LogP contribution in [0, 0.1) is 10.1 Å². The summed E-state index contributed by atoms with van der Waals surface area (Å²) in [5, 5.41) is 19.6. The predicted molar refractivity (Wildman–Crippen MR) is 84.0 cm³/mol. The molecule has 1 aromatic rings. The number of rotatable bonds is 4. The lowest BCUT2D eigenvalue weighted by molar-refractivity contribution is -0.385. The second-order valence-electron chi connectivity index (χ2n) is 4.76. The summed E-state index contributed by atoms with van der Waals surface area (Å²) in [6.07, 6.45) is 1.28. The van der Waals surface area contributed by atoms with Gasteiger partial charge in [-0.05, 0) is 36.4 Å². The number of methoxy groups -OCH3 is 1. The summed E-state index contributed by atoms with van der Waals surface area (Å²) in [5.41, 5.74) is -0.262. The molecule has 1 atom stereocenters. The van der Waals surface area contributed by atoms with Gasteiger partial charge in [0.25, 0.3) is 11.1 Å². The van der Waals surface area contributed by atoms with Gasteiger partial charge in [-0.25, -0.2) is 4.79 Å². The molecule has 0 bridgehead atoms. The number of imide groups is 1. The number of thioether (sulfide) groups is 1. The molecule has 1 aliphatic heterocycles. The third kappa shape index (κ3) is 3.23. The van der Waals surface area contributed by atoms with E-state index >= 15 is 0 Å². The molecule has 10 heteroatoms. The molecule has 0 saturated carbocycles. The number of phenolic OH excluding ortho intramolecular Hbond substituents is 1. The second kappa shape index (κ2) is 6.71. The average molecular weight is 352 g/mol. The minimum atomic E-state index is -1.08. The van der Waals surface area contributed by atoms with Crippen LogP contribution in [-0.4, -0.2) is 45.2 Å². The minimum absolute atomic E-state index is 0.00995. The Kier molecular flexibility index (Phi) is 4.88. The Labute approximate surface area is 140 Å². The van der Waals surface area contributed by atoms with Crippen LogP contribution >= 0.6 is 11.8 Å². The fourth-order valence-electron chi connectivity index (χ4n) is 2.02. The molecule has 2 amide bonds. The molecule has 2 rings (SSSR count). The van der Waals surface area contributed by atoms with E-state index in [1.165, 1.54) is 19.1 Å². The van der Waals surface area contributed by atoms with Gasteiger partial charge in [-0.15, -0.1) is 0 Å². The highest BCUT2D eigenvalue weighted by Crippen LogP contribution is 2.35. The molecule has 1 fully saturated rings. The van der Waals surface area contributed by atoms with Crippen molar-refractivity contribution in [3.05, 3.63) is 38.8 Å². The van der Waals surface area contributed by atoms with Crippen molar-refractivity contribution in [2.45, 2.75) is 13.0 Å². The van der Waals surface area contributed by atoms with Crippen LogP contribution in [0.25, 0.3) is 6.08 Å². The predicted octanol–water partition coefficient (Wildman–Crippen LogP) is 1.90. The molecule has 126 valence electrons. The van der Waals surface area contributed by atoms with Crippen LogP contribution in [0.4, 0.5) is 10.5 Å². The van der Waals surface area contributed by atoms with Gasteiger partial charge in [0.2, 0.25) is 0 Å². The number of benzene rings is 1. The van der Waals surface area contributed by atoms with E-state index in [4.69, 9.17) is 0 Å². The number of ether oxygens (including phenoxy) is 1. The van der Waals surface area contributed by atoms with Gasteiger partial charge in [-0.2, -0.15) is 0 Å². The Morgan fingerprint density at radius 2 is 2.12 bits per heavy atom. The summed E-state index contributed by atoms with van der Waals surface area (Å²) in [7, 11) is 1.14. The van der Waals surface area contributed by atoms with Crippen molar-refractivity contribution in [1.29, 1.82) is 0 Å². The molecule has 0 unspecified atom stereocenters. The van der Waals surface area contributed by atoms with E-state index in [-0.39, 0.29) is 10.5 Å². The molecular weight excluding hydrogens is 340 g/mol. The zero-order chi connectivity index (χ0) is 18.0. The number of hydrogen-bond donors (Lipinski definition) is 1. The maximum absolute atomic E-state index is 12.3. The normalized spacial score (nSPS) is 17.2. The molecule has 0 radical (unpaired) electrons. The molecule has 0 aromatic heterocycles. The van der Waals surface area contributed by atoms with Crippen molar-refractivity contribution in [1.82, 2.24) is 4.90 Å². The van der Waals surface area contributed by atoms with Crippen molar-refractivity contribution in [2.24, 2.45) is 0 Å². The van der Waals surface area contributed by atoms with Crippen molar-refractivity contribution >= 4 is 40.6 Å². The quantitative estimate of drug-likeness (QED) is 0.377. The van der Waals surface area contributed by atoms with E-state index in [1.807, 2.05) is 0 Å². The van der Waals surface area contributed by atoms with Gasteiger partial charge < -0.3 is 9.84 Å². The fraction of sp³-hybridized carbons (Fsp3) is 0.214. The number of amides is 2. The third-order valence-electron chi connectivity index (χ3n) is 3.25. The Morgan fingerprint density at radius 3 is 2.71 bits per heavy atom. The number of nitro benzene ring substituents is 1. The Morgan fingerprint density at radius 1 is 1.46 bits per heavy atom. The number of carbonyl (C=O) groups excluding carboxylic acids is 3. The topological polar surface area (TPSA) is 127 Å². The van der Waals surface area contributed by atoms with Gasteiger partial charge >= 0.3 is 11.7 Å². The van der Waals surface area contributed by atoms with Gasteiger partial charge in [0.1, 0.15) is 6.04 Å². The molecule has 1 heterocycles. The molecule has 1 saturated heterocycles. The zero-order valence-electron chi connectivity index (χ0n) is 12.6. The Bertz CT molecular complexity index is 774. The summed E-state index contributed by atoms with van der Waals surface area (Å²) < 4.78 is 4.51. The van der Waals surface area contributed by atoms with Crippen molar-refractivity contribution in [3.63, 3.8) is 0 Å². The monoisotopic (exact) mass is 352 g/mol. The molecule has 1 aliphatic rings. The van der Waals surface area contributed by atoms with Crippen LogP contribution in [0.15, 0.2) is 23.1 Å². The third-order valence-corrected chi connectivity index (χ3v) is 4.13. The lowest BCUT2D eigenvalue weighted by atomic mass is 10.1. The van der Waals surface area contributed by atoms with Crippen LogP contribution in [0.1, 0.15) is 12.5 Å². The number of carbonyl (C=O) groups is 3. The minimum Gasteiger partial charge on any atom is -0.502 e. The number of aromatic hydroxyl groups is 1. The van der Waals surface area contributed by atoms with E-state index in [2.05, 4.69) is 4.74 Å². The smallest absolute Gasteiger partial charge is 0.328 e. The first-order chi connectivity index (χ1) is 11.3. The number of phenols is 1. The number of nitro groups is 1. The molecule has 24 heavy (non-hydrogen) atoms. The second-order valence-corrected chi connectivity index (χ2v) is 5.75. The van der Waals surface area contributed by atoms with Gasteiger partial charge in [0, 0.05) is 6.07 Å². The summed E-state index contributed by atoms with van der Waals surface area (Å²) in [6.45, 7) is 1.36. The van der Waals surface area contributed by atoms with Gasteiger partial charge in [-0.3, -0.25) is 24.6 Å². The van der Waals surface area contributed by atoms with Crippen molar-refractivity contribution < 1.29 is 29.2 Å². The standard InChI is InChI=1S/C14H12N2O7S/c1-7(13(19)23-2)15-12(18)11(24-14(15)20)6-8-3-4-10(17)9(5-8)16(21)22/h3-7,17H,1-2H3/b11-6-/t7-/m1/s1. The Hall–Kier alpha value is -2.88. The van der Waals surface area contributed by atoms with Gasteiger partial charge in [0.05, 0.1) is 16.9 Å². The molecule has 0 aliphatic carbocycles. The van der Waals surface area contributed by atoms with Crippen LogP contribution in [0.5, 0.6) is 5.75 Å². The lowest BCUT2D eigenvalue weighted by Crippen LogP contribution is -2.42. The van der Waals surface area contributed by atoms with E-state index in [1.54, 1.807) is 0 Å². The maximum atomic E-state index is 12.3. The first kappa shape index (κ1) is 17.5. The highest BCUT2D eigenvalue weighted by atomic mass is 32.2.